The Morgan fingerprint density at radius 2 is 0.906 bits per heavy atom. The van der Waals surface area contributed by atoms with Gasteiger partial charge in [0.15, 0.2) is 0 Å². The van der Waals surface area contributed by atoms with Gasteiger partial charge in [-0.2, -0.15) is 0 Å². The van der Waals surface area contributed by atoms with Gasteiger partial charge in [0.05, 0.1) is 19.8 Å². The van der Waals surface area contributed by atoms with Crippen LogP contribution in [-0.2, 0) is 57.9 Å². The monoisotopic (exact) mass is 902 g/mol. The molecule has 0 saturated carbocycles. The van der Waals surface area contributed by atoms with Gasteiger partial charge in [-0.25, -0.2) is 0 Å². The fourth-order valence-corrected chi connectivity index (χ4v) is 7.97. The predicted octanol–water partition coefficient (Wildman–Crippen LogP) is 14.7. The molecule has 9 nitrogen and oxygen atoms in total. The number of nitrogens with zero attached hydrogens (tertiary/aromatic N) is 1. The predicted molar refractivity (Wildman–Crippen MR) is 264 cm³/mol. The van der Waals surface area contributed by atoms with Crippen LogP contribution < -0.4 is 0 Å². The molecular weight excluding hydrogens is 803 g/mol. The van der Waals surface area contributed by atoms with Crippen molar-refractivity contribution in [3.8, 4) is 0 Å². The molecule has 0 amide bonds. The maximum Gasteiger partial charge on any atom is 0.306 e. The Kier molecular flexibility index (Phi) is 41.3. The van der Waals surface area contributed by atoms with Crippen molar-refractivity contribution < 1.29 is 38.1 Å². The zero-order valence-electron chi connectivity index (χ0n) is 42.3. The minimum atomic E-state index is -0.188. The molecule has 0 atom stereocenters. The number of carbonyl (C=O) groups is 3. The lowest BCUT2D eigenvalue weighted by Gasteiger charge is -2.18. The Bertz CT molecular complexity index is 1220. The second-order valence-corrected chi connectivity index (χ2v) is 18.7. The summed E-state index contributed by atoms with van der Waals surface area (Å²) >= 11 is 0. The molecule has 0 aliphatic heterocycles. The van der Waals surface area contributed by atoms with Gasteiger partial charge in [0, 0.05) is 32.5 Å². The van der Waals surface area contributed by atoms with Crippen molar-refractivity contribution in [3.63, 3.8) is 0 Å². The fraction of sp³-hybridized carbons (Fsp3) is 0.836. The first kappa shape index (κ1) is 59.5. The van der Waals surface area contributed by atoms with Crippen LogP contribution in [0.25, 0.3) is 0 Å². The molecule has 0 radical (unpaired) electrons. The van der Waals surface area contributed by atoms with E-state index < -0.39 is 0 Å². The van der Waals surface area contributed by atoms with Crippen molar-refractivity contribution in [2.24, 2.45) is 0 Å². The number of carbonyl (C=O) groups excluding carboxylic acids is 3. The topological polar surface area (TPSA) is 101 Å². The summed E-state index contributed by atoms with van der Waals surface area (Å²) in [5.74, 6) is -0.290. The Morgan fingerprint density at radius 1 is 0.453 bits per heavy atom. The van der Waals surface area contributed by atoms with Crippen LogP contribution in [-0.4, -0.2) is 69.4 Å². The third-order valence-electron chi connectivity index (χ3n) is 12.1. The number of hydrogen-bond donors (Lipinski definition) is 0. The first-order valence-corrected chi connectivity index (χ1v) is 26.7. The summed E-state index contributed by atoms with van der Waals surface area (Å²) in [7, 11) is 4.01. The first-order valence-electron chi connectivity index (χ1n) is 26.7. The number of esters is 3. The van der Waals surface area contributed by atoms with Gasteiger partial charge in [-0.05, 0) is 108 Å². The highest BCUT2D eigenvalue weighted by Crippen LogP contribution is 2.20. The maximum absolute atomic E-state index is 12.8. The zero-order chi connectivity index (χ0) is 46.6. The average Bonchev–Trinajstić information content (AvgIpc) is 3.28. The molecule has 0 saturated heterocycles. The summed E-state index contributed by atoms with van der Waals surface area (Å²) in [6, 6.07) is 6.22. The van der Waals surface area contributed by atoms with Crippen LogP contribution in [0.4, 0.5) is 0 Å². The van der Waals surface area contributed by atoms with E-state index in [1.165, 1.54) is 96.3 Å². The molecule has 372 valence electrons. The fourth-order valence-electron chi connectivity index (χ4n) is 7.97. The Hall–Kier alpha value is -2.49. The number of ether oxygens (including phenoxy) is 5. The van der Waals surface area contributed by atoms with Crippen molar-refractivity contribution in [2.75, 3.05) is 40.5 Å². The van der Waals surface area contributed by atoms with E-state index in [4.69, 9.17) is 23.7 Å². The van der Waals surface area contributed by atoms with Crippen LogP contribution in [0.3, 0.4) is 0 Å². The summed E-state index contributed by atoms with van der Waals surface area (Å²) < 4.78 is 29.3. The second-order valence-electron chi connectivity index (χ2n) is 18.7. The zero-order valence-corrected chi connectivity index (χ0v) is 42.3. The molecule has 0 heterocycles. The van der Waals surface area contributed by atoms with Crippen LogP contribution >= 0.6 is 0 Å². The molecule has 0 aliphatic carbocycles. The average molecular weight is 902 g/mol. The van der Waals surface area contributed by atoms with E-state index in [2.05, 4.69) is 43.9 Å². The molecule has 0 aromatic heterocycles. The van der Waals surface area contributed by atoms with E-state index in [0.717, 1.165) is 120 Å². The lowest BCUT2D eigenvalue weighted by Crippen LogP contribution is -2.18. The standard InChI is InChI=1S/C55H99NO8/c1-6-9-12-15-18-23-32-44-62-53(57)36-28-21-24-31-43-61-47-50-40-39-49(45-51(50)48-63-54(58)38-33-41-56(4)5)46-60-42-30-25-22-29-37-55(59)64-52(34-26-19-16-13-10-7-2)35-27-20-17-14-11-8-3/h39-40,45,52H,6-38,41-44,46-48H2,1-5H3. The van der Waals surface area contributed by atoms with Gasteiger partial charge in [-0.15, -0.1) is 0 Å². The van der Waals surface area contributed by atoms with E-state index in [1.807, 2.05) is 14.1 Å². The molecule has 64 heavy (non-hydrogen) atoms. The van der Waals surface area contributed by atoms with E-state index in [-0.39, 0.29) is 30.6 Å². The molecule has 0 fully saturated rings. The third-order valence-corrected chi connectivity index (χ3v) is 12.1. The maximum atomic E-state index is 12.8. The SMILES string of the molecule is CCCCCCCCCOC(=O)CCCCCCOCc1ccc(COCCCCCCC(=O)OC(CCCCCCCC)CCCCCCCC)cc1COC(=O)CCCN(C)C. The molecule has 0 aliphatic rings. The van der Waals surface area contributed by atoms with Crippen molar-refractivity contribution >= 4 is 17.9 Å². The van der Waals surface area contributed by atoms with Gasteiger partial charge in [0.2, 0.25) is 0 Å². The number of unbranched alkanes of at least 4 members (excludes halogenated alkanes) is 22. The minimum Gasteiger partial charge on any atom is -0.466 e. The minimum absolute atomic E-state index is 0.0261. The quantitative estimate of drug-likeness (QED) is 0.0359. The first-order chi connectivity index (χ1) is 31.3. The molecule has 0 bridgehead atoms. The van der Waals surface area contributed by atoms with Crippen LogP contribution in [0, 0.1) is 0 Å². The van der Waals surface area contributed by atoms with Crippen LogP contribution in [0.5, 0.6) is 0 Å². The molecular formula is C55H99NO8. The van der Waals surface area contributed by atoms with E-state index >= 15 is 0 Å². The number of benzene rings is 1. The molecule has 9 heteroatoms. The summed E-state index contributed by atoms with van der Waals surface area (Å²) in [6.45, 7) is 10.6. The van der Waals surface area contributed by atoms with Crippen LogP contribution in [0.1, 0.15) is 249 Å². The van der Waals surface area contributed by atoms with Crippen LogP contribution in [0.2, 0.25) is 0 Å². The van der Waals surface area contributed by atoms with Crippen molar-refractivity contribution in [3.05, 3.63) is 34.9 Å². The van der Waals surface area contributed by atoms with E-state index in [9.17, 15) is 14.4 Å². The van der Waals surface area contributed by atoms with Gasteiger partial charge in [0.1, 0.15) is 12.7 Å². The normalized spacial score (nSPS) is 11.5. The van der Waals surface area contributed by atoms with Crippen molar-refractivity contribution in [1.29, 1.82) is 0 Å². The third kappa shape index (κ3) is 37.7. The molecule has 1 rings (SSSR count). The van der Waals surface area contributed by atoms with Gasteiger partial charge in [-0.3, -0.25) is 14.4 Å². The Labute approximate surface area is 393 Å². The molecule has 0 unspecified atom stereocenters. The van der Waals surface area contributed by atoms with Gasteiger partial charge in [0.25, 0.3) is 0 Å². The number of hydrogen-bond acceptors (Lipinski definition) is 9. The summed E-state index contributed by atoms with van der Waals surface area (Å²) in [5.41, 5.74) is 3.01. The summed E-state index contributed by atoms with van der Waals surface area (Å²) in [5, 5.41) is 0. The van der Waals surface area contributed by atoms with E-state index in [1.54, 1.807) is 0 Å². The van der Waals surface area contributed by atoms with Crippen molar-refractivity contribution in [1.82, 2.24) is 4.90 Å². The van der Waals surface area contributed by atoms with Gasteiger partial charge in [-0.1, -0.05) is 161 Å². The van der Waals surface area contributed by atoms with Crippen molar-refractivity contribution in [2.45, 2.75) is 259 Å². The highest BCUT2D eigenvalue weighted by molar-refractivity contribution is 5.70. The summed E-state index contributed by atoms with van der Waals surface area (Å²) in [4.78, 5) is 39.5. The highest BCUT2D eigenvalue weighted by atomic mass is 16.5. The highest BCUT2D eigenvalue weighted by Gasteiger charge is 2.15. The molecule has 1 aromatic rings. The molecule has 0 spiro atoms. The van der Waals surface area contributed by atoms with Gasteiger partial charge >= 0.3 is 17.9 Å². The largest absolute Gasteiger partial charge is 0.466 e. The van der Waals surface area contributed by atoms with E-state index in [0.29, 0.717) is 52.3 Å². The van der Waals surface area contributed by atoms with Gasteiger partial charge < -0.3 is 28.6 Å². The summed E-state index contributed by atoms with van der Waals surface area (Å²) in [6.07, 6.45) is 35.5. The smallest absolute Gasteiger partial charge is 0.306 e. The number of rotatable bonds is 47. The molecule has 0 N–H and O–H groups in total. The lowest BCUT2D eigenvalue weighted by atomic mass is 10.0. The second kappa shape index (κ2) is 44.4. The molecule has 1 aromatic carbocycles. The Balaban J connectivity index is 2.42. The lowest BCUT2D eigenvalue weighted by molar-refractivity contribution is -0.150. The Morgan fingerprint density at radius 3 is 1.47 bits per heavy atom. The van der Waals surface area contributed by atoms with Crippen LogP contribution in [0.15, 0.2) is 18.2 Å².